The van der Waals surface area contributed by atoms with Gasteiger partial charge in [0.15, 0.2) is 9.84 Å². The van der Waals surface area contributed by atoms with E-state index in [1.54, 1.807) is 21.9 Å². The standard InChI is InChI=1S/C21H21N3O3S/c1-14-3-4-15(2)18(9-14)24-20-13-28(26,27)12-19(20)23(21(24)25)11-17-7-5-16(10-22)6-8-17/h3-9,19-20H,11-13H2,1-2H3/t19-,20+/m1/s1. The van der Waals surface area contributed by atoms with E-state index in [4.69, 9.17) is 5.26 Å². The molecule has 0 aliphatic carbocycles. The second kappa shape index (κ2) is 6.64. The molecule has 2 aromatic carbocycles. The van der Waals surface area contributed by atoms with Gasteiger partial charge in [-0.1, -0.05) is 24.3 Å². The van der Waals surface area contributed by atoms with Crippen molar-refractivity contribution in [2.24, 2.45) is 0 Å². The summed E-state index contributed by atoms with van der Waals surface area (Å²) >= 11 is 0. The highest BCUT2D eigenvalue weighted by atomic mass is 32.2. The summed E-state index contributed by atoms with van der Waals surface area (Å²) in [6.45, 7) is 4.22. The first-order valence-corrected chi connectivity index (χ1v) is 11.0. The zero-order chi connectivity index (χ0) is 20.1. The van der Waals surface area contributed by atoms with Crippen molar-refractivity contribution in [1.82, 2.24) is 4.90 Å². The van der Waals surface area contributed by atoms with Crippen LogP contribution >= 0.6 is 0 Å². The van der Waals surface area contributed by atoms with Crippen LogP contribution in [0.5, 0.6) is 0 Å². The Morgan fingerprint density at radius 2 is 1.75 bits per heavy atom. The van der Waals surface area contributed by atoms with Gasteiger partial charge in [0.05, 0.1) is 35.2 Å². The van der Waals surface area contributed by atoms with Gasteiger partial charge in [-0.25, -0.2) is 13.2 Å². The van der Waals surface area contributed by atoms with Gasteiger partial charge in [0, 0.05) is 12.2 Å². The first kappa shape index (κ1) is 18.5. The van der Waals surface area contributed by atoms with E-state index in [0.717, 1.165) is 22.4 Å². The molecule has 2 aliphatic rings. The van der Waals surface area contributed by atoms with Crippen LogP contribution in [0.25, 0.3) is 0 Å². The zero-order valence-electron chi connectivity index (χ0n) is 15.8. The summed E-state index contributed by atoms with van der Waals surface area (Å²) < 4.78 is 24.7. The van der Waals surface area contributed by atoms with Crippen LogP contribution in [0, 0.1) is 25.2 Å². The van der Waals surface area contributed by atoms with Gasteiger partial charge < -0.3 is 4.90 Å². The molecule has 6 nitrogen and oxygen atoms in total. The van der Waals surface area contributed by atoms with E-state index in [1.807, 2.05) is 44.2 Å². The third kappa shape index (κ3) is 3.14. The number of carbonyl (C=O) groups excluding carboxylic acids is 1. The minimum absolute atomic E-state index is 0.0128. The molecule has 4 rings (SSSR count). The number of hydrogen-bond donors (Lipinski definition) is 0. The number of rotatable bonds is 3. The van der Waals surface area contributed by atoms with E-state index >= 15 is 0 Å². The fourth-order valence-corrected chi connectivity index (χ4v) is 6.05. The Labute approximate surface area is 164 Å². The van der Waals surface area contributed by atoms with Crippen LogP contribution < -0.4 is 4.90 Å². The summed E-state index contributed by atoms with van der Waals surface area (Å²) in [6, 6.07) is 14.1. The molecule has 2 saturated heterocycles. The molecule has 2 fully saturated rings. The molecule has 144 valence electrons. The molecule has 0 bridgehead atoms. The highest BCUT2D eigenvalue weighted by Crippen LogP contribution is 2.37. The fourth-order valence-electron chi connectivity index (χ4n) is 4.10. The Balaban J connectivity index is 1.72. The molecular formula is C21H21N3O3S. The van der Waals surface area contributed by atoms with E-state index in [-0.39, 0.29) is 29.6 Å². The molecule has 0 saturated carbocycles. The monoisotopic (exact) mass is 395 g/mol. The topological polar surface area (TPSA) is 81.5 Å². The van der Waals surface area contributed by atoms with Crippen molar-refractivity contribution in [3.8, 4) is 6.07 Å². The Morgan fingerprint density at radius 3 is 2.43 bits per heavy atom. The maximum atomic E-state index is 13.3. The number of carbonyl (C=O) groups is 1. The lowest BCUT2D eigenvalue weighted by Gasteiger charge is -2.24. The van der Waals surface area contributed by atoms with Gasteiger partial charge in [0.25, 0.3) is 0 Å². The molecule has 7 heteroatoms. The van der Waals surface area contributed by atoms with E-state index < -0.39 is 9.84 Å². The van der Waals surface area contributed by atoms with Gasteiger partial charge in [-0.05, 0) is 48.7 Å². The van der Waals surface area contributed by atoms with Crippen molar-refractivity contribution in [3.05, 3.63) is 64.7 Å². The Hall–Kier alpha value is -2.85. The highest BCUT2D eigenvalue weighted by molar-refractivity contribution is 7.91. The molecular weight excluding hydrogens is 374 g/mol. The zero-order valence-corrected chi connectivity index (χ0v) is 16.6. The number of sulfone groups is 1. The van der Waals surface area contributed by atoms with Crippen molar-refractivity contribution in [2.45, 2.75) is 32.5 Å². The lowest BCUT2D eigenvalue weighted by Crippen LogP contribution is -2.38. The van der Waals surface area contributed by atoms with E-state index in [0.29, 0.717) is 12.1 Å². The SMILES string of the molecule is Cc1ccc(C)c(N2C(=O)N(Cc3ccc(C#N)cc3)[C@@H]3CS(=O)(=O)C[C@@H]32)c1. The number of nitrogens with zero attached hydrogens (tertiary/aromatic N) is 3. The second-order valence-corrected chi connectivity index (χ2v) is 9.74. The molecule has 2 heterocycles. The van der Waals surface area contributed by atoms with Gasteiger partial charge in [-0.3, -0.25) is 4.90 Å². The highest BCUT2D eigenvalue weighted by Gasteiger charge is 2.54. The van der Waals surface area contributed by atoms with Crippen LogP contribution in [0.3, 0.4) is 0 Å². The number of hydrogen-bond acceptors (Lipinski definition) is 4. The second-order valence-electron chi connectivity index (χ2n) is 7.59. The van der Waals surface area contributed by atoms with Crippen molar-refractivity contribution in [1.29, 1.82) is 5.26 Å². The van der Waals surface area contributed by atoms with Crippen molar-refractivity contribution >= 4 is 21.6 Å². The van der Waals surface area contributed by atoms with Gasteiger partial charge in [0.2, 0.25) is 0 Å². The van der Waals surface area contributed by atoms with Crippen LogP contribution in [0.4, 0.5) is 10.5 Å². The number of aryl methyl sites for hydroxylation is 2. The predicted octanol–water partition coefficient (Wildman–Crippen LogP) is 2.78. The third-order valence-electron chi connectivity index (χ3n) is 5.54. The average Bonchev–Trinajstić information content (AvgIpc) is 3.09. The lowest BCUT2D eigenvalue weighted by molar-refractivity contribution is 0.206. The minimum Gasteiger partial charge on any atom is -0.314 e. The maximum Gasteiger partial charge on any atom is 0.325 e. The molecule has 0 radical (unpaired) electrons. The summed E-state index contributed by atoms with van der Waals surface area (Å²) in [6.07, 6.45) is 0. The molecule has 2 aliphatic heterocycles. The Bertz CT molecular complexity index is 1090. The van der Waals surface area contributed by atoms with Crippen LogP contribution in [-0.4, -0.2) is 42.9 Å². The van der Waals surface area contributed by atoms with E-state index in [2.05, 4.69) is 6.07 Å². The molecule has 2 aromatic rings. The smallest absolute Gasteiger partial charge is 0.314 e. The summed E-state index contributed by atoms with van der Waals surface area (Å²) in [5.74, 6) is -0.0261. The first-order chi connectivity index (χ1) is 13.3. The molecule has 0 spiro atoms. The van der Waals surface area contributed by atoms with Crippen LogP contribution in [0.2, 0.25) is 0 Å². The van der Waals surface area contributed by atoms with Crippen molar-refractivity contribution < 1.29 is 13.2 Å². The molecule has 0 aromatic heterocycles. The van der Waals surface area contributed by atoms with Crippen LogP contribution in [0.1, 0.15) is 22.3 Å². The maximum absolute atomic E-state index is 13.3. The molecule has 0 unspecified atom stereocenters. The summed E-state index contributed by atoms with van der Waals surface area (Å²) in [7, 11) is -3.21. The largest absolute Gasteiger partial charge is 0.325 e. The molecule has 2 atom stereocenters. The van der Waals surface area contributed by atoms with E-state index in [9.17, 15) is 13.2 Å². The number of fused-ring (bicyclic) bond motifs is 1. The summed E-state index contributed by atoms with van der Waals surface area (Å²) in [4.78, 5) is 16.7. The number of benzene rings is 2. The number of urea groups is 1. The first-order valence-electron chi connectivity index (χ1n) is 9.15. The molecule has 0 N–H and O–H groups in total. The van der Waals surface area contributed by atoms with Crippen LogP contribution in [0.15, 0.2) is 42.5 Å². The number of amides is 2. The quantitative estimate of drug-likeness (QED) is 0.749. The number of anilines is 1. The molecule has 28 heavy (non-hydrogen) atoms. The van der Waals surface area contributed by atoms with Gasteiger partial charge >= 0.3 is 6.03 Å². The van der Waals surface area contributed by atoms with Gasteiger partial charge in [-0.15, -0.1) is 0 Å². The van der Waals surface area contributed by atoms with E-state index in [1.165, 1.54) is 0 Å². The normalized spacial score (nSPS) is 23.0. The number of nitriles is 1. The van der Waals surface area contributed by atoms with Gasteiger partial charge in [-0.2, -0.15) is 5.26 Å². The Morgan fingerprint density at radius 1 is 1.07 bits per heavy atom. The van der Waals surface area contributed by atoms with Crippen molar-refractivity contribution in [3.63, 3.8) is 0 Å². The van der Waals surface area contributed by atoms with Gasteiger partial charge in [0.1, 0.15) is 0 Å². The summed E-state index contributed by atoms with van der Waals surface area (Å²) in [5, 5.41) is 8.96. The average molecular weight is 395 g/mol. The van der Waals surface area contributed by atoms with Crippen LogP contribution in [-0.2, 0) is 16.4 Å². The minimum atomic E-state index is -3.21. The summed E-state index contributed by atoms with van der Waals surface area (Å²) in [5.41, 5.74) is 4.17. The fraction of sp³-hybridized carbons (Fsp3) is 0.333. The third-order valence-corrected chi connectivity index (χ3v) is 7.24. The predicted molar refractivity (Wildman–Crippen MR) is 107 cm³/mol. The Kier molecular flexibility index (Phi) is 4.39. The lowest BCUT2D eigenvalue weighted by atomic mass is 10.1. The van der Waals surface area contributed by atoms with Crippen molar-refractivity contribution in [2.75, 3.05) is 16.4 Å². The molecule has 2 amide bonds.